The number of nitrogens with one attached hydrogen (secondary N) is 1. The highest BCUT2D eigenvalue weighted by Gasteiger charge is 2.04. The van der Waals surface area contributed by atoms with E-state index in [1.54, 1.807) is 0 Å². The van der Waals surface area contributed by atoms with Crippen LogP contribution in [-0.2, 0) is 6.54 Å². The van der Waals surface area contributed by atoms with Crippen LogP contribution in [0.3, 0.4) is 0 Å². The molecule has 0 saturated carbocycles. The zero-order valence-corrected chi connectivity index (χ0v) is 13.1. The van der Waals surface area contributed by atoms with Gasteiger partial charge in [0.15, 0.2) is 0 Å². The smallest absolute Gasteiger partial charge is 0.224 e. The molecule has 0 fully saturated rings. The second-order valence-corrected chi connectivity index (χ2v) is 5.29. The van der Waals surface area contributed by atoms with Crippen LogP contribution in [0, 0.1) is 6.92 Å². The summed E-state index contributed by atoms with van der Waals surface area (Å²) < 4.78 is 0. The van der Waals surface area contributed by atoms with Crippen molar-refractivity contribution in [1.29, 1.82) is 0 Å². The second-order valence-electron chi connectivity index (χ2n) is 5.29. The van der Waals surface area contributed by atoms with Gasteiger partial charge in [-0.25, -0.2) is 4.98 Å². The van der Waals surface area contributed by atoms with E-state index < -0.39 is 0 Å². The third kappa shape index (κ3) is 4.45. The molecule has 0 amide bonds. The van der Waals surface area contributed by atoms with E-state index in [0.29, 0.717) is 5.95 Å². The van der Waals surface area contributed by atoms with Crippen molar-refractivity contribution in [1.82, 2.24) is 9.97 Å². The molecule has 0 atom stereocenters. The largest absolute Gasteiger partial charge is 0.360 e. The molecule has 2 aromatic rings. The lowest BCUT2D eigenvalue weighted by Crippen LogP contribution is -2.20. The molecular weight excluding hydrogens is 260 g/mol. The molecule has 0 spiro atoms. The lowest BCUT2D eigenvalue weighted by atomic mass is 10.1. The number of hydrogen-bond acceptors (Lipinski definition) is 4. The minimum absolute atomic E-state index is 0.680. The Balaban J connectivity index is 1.99. The molecule has 112 valence electrons. The summed E-state index contributed by atoms with van der Waals surface area (Å²) in [6, 6.07) is 10.3. The molecule has 0 unspecified atom stereocenters. The highest BCUT2D eigenvalue weighted by atomic mass is 15.2. The zero-order chi connectivity index (χ0) is 15.1. The summed E-state index contributed by atoms with van der Waals surface area (Å²) >= 11 is 0. The SMILES string of the molecule is CCCCN(C)c1ccnc(NCc2ccccc2C)n1. The standard InChI is InChI=1S/C17H24N4/c1-4-5-12-21(3)16-10-11-18-17(20-16)19-13-15-9-7-6-8-14(15)2/h6-11H,4-5,12-13H2,1-3H3,(H,18,19,20). The van der Waals surface area contributed by atoms with E-state index in [1.807, 2.05) is 12.3 Å². The van der Waals surface area contributed by atoms with Crippen molar-refractivity contribution in [3.63, 3.8) is 0 Å². The van der Waals surface area contributed by atoms with E-state index in [4.69, 9.17) is 0 Å². The van der Waals surface area contributed by atoms with Crippen molar-refractivity contribution >= 4 is 11.8 Å². The van der Waals surface area contributed by atoms with Crippen molar-refractivity contribution < 1.29 is 0 Å². The number of rotatable bonds is 7. The normalized spacial score (nSPS) is 10.4. The van der Waals surface area contributed by atoms with Crippen LogP contribution in [0.1, 0.15) is 30.9 Å². The molecule has 0 radical (unpaired) electrons. The van der Waals surface area contributed by atoms with Crippen molar-refractivity contribution in [3.8, 4) is 0 Å². The molecule has 4 heteroatoms. The van der Waals surface area contributed by atoms with Crippen LogP contribution in [0.5, 0.6) is 0 Å². The molecule has 0 aliphatic carbocycles. The summed E-state index contributed by atoms with van der Waals surface area (Å²) in [5.74, 6) is 1.64. The topological polar surface area (TPSA) is 41.1 Å². The molecule has 0 saturated heterocycles. The number of aromatic nitrogens is 2. The molecule has 1 N–H and O–H groups in total. The Labute approximate surface area is 127 Å². The summed E-state index contributed by atoms with van der Waals surface area (Å²) in [6.45, 7) is 6.08. The Morgan fingerprint density at radius 2 is 2.00 bits per heavy atom. The molecule has 1 heterocycles. The lowest BCUT2D eigenvalue weighted by molar-refractivity contribution is 0.758. The van der Waals surface area contributed by atoms with Crippen molar-refractivity contribution in [2.45, 2.75) is 33.2 Å². The van der Waals surface area contributed by atoms with Gasteiger partial charge in [-0.1, -0.05) is 37.6 Å². The minimum Gasteiger partial charge on any atom is -0.360 e. The Hall–Kier alpha value is -2.10. The van der Waals surface area contributed by atoms with Crippen LogP contribution in [0.2, 0.25) is 0 Å². The van der Waals surface area contributed by atoms with Gasteiger partial charge in [0.2, 0.25) is 5.95 Å². The number of hydrogen-bond donors (Lipinski definition) is 1. The Morgan fingerprint density at radius 1 is 1.19 bits per heavy atom. The second kappa shape index (κ2) is 7.62. The van der Waals surface area contributed by atoms with Gasteiger partial charge in [0, 0.05) is 26.3 Å². The number of unbranched alkanes of at least 4 members (excludes halogenated alkanes) is 1. The van der Waals surface area contributed by atoms with Crippen molar-refractivity contribution in [3.05, 3.63) is 47.7 Å². The molecular formula is C17H24N4. The van der Waals surface area contributed by atoms with Gasteiger partial charge < -0.3 is 10.2 Å². The van der Waals surface area contributed by atoms with Crippen LogP contribution in [0.15, 0.2) is 36.5 Å². The first-order chi connectivity index (χ1) is 10.2. The van der Waals surface area contributed by atoms with Crippen molar-refractivity contribution in [2.24, 2.45) is 0 Å². The van der Waals surface area contributed by atoms with Crippen LogP contribution >= 0.6 is 0 Å². The molecule has 1 aromatic heterocycles. The number of aryl methyl sites for hydroxylation is 1. The van der Waals surface area contributed by atoms with Gasteiger partial charge in [-0.2, -0.15) is 4.98 Å². The summed E-state index contributed by atoms with van der Waals surface area (Å²) in [5.41, 5.74) is 2.55. The summed E-state index contributed by atoms with van der Waals surface area (Å²) in [7, 11) is 2.07. The number of benzene rings is 1. The first-order valence-corrected chi connectivity index (χ1v) is 7.53. The van der Waals surface area contributed by atoms with Gasteiger partial charge in [-0.05, 0) is 30.5 Å². The van der Waals surface area contributed by atoms with Gasteiger partial charge in [0.25, 0.3) is 0 Å². The van der Waals surface area contributed by atoms with E-state index in [1.165, 1.54) is 24.0 Å². The Bertz CT molecular complexity index is 568. The third-order valence-electron chi connectivity index (χ3n) is 3.58. The molecule has 0 bridgehead atoms. The van der Waals surface area contributed by atoms with Crippen LogP contribution < -0.4 is 10.2 Å². The molecule has 2 rings (SSSR count). The van der Waals surface area contributed by atoms with E-state index in [0.717, 1.165) is 18.9 Å². The first-order valence-electron chi connectivity index (χ1n) is 7.53. The Morgan fingerprint density at radius 3 is 2.76 bits per heavy atom. The minimum atomic E-state index is 0.680. The summed E-state index contributed by atoms with van der Waals surface area (Å²) in [5, 5.41) is 3.30. The average Bonchev–Trinajstić information content (AvgIpc) is 2.52. The summed E-state index contributed by atoms with van der Waals surface area (Å²) in [6.07, 6.45) is 4.17. The van der Waals surface area contributed by atoms with Crippen LogP contribution in [0.25, 0.3) is 0 Å². The van der Waals surface area contributed by atoms with Gasteiger partial charge in [-0.15, -0.1) is 0 Å². The van der Waals surface area contributed by atoms with Crippen molar-refractivity contribution in [2.75, 3.05) is 23.8 Å². The fourth-order valence-electron chi connectivity index (χ4n) is 2.14. The molecule has 4 nitrogen and oxygen atoms in total. The predicted octanol–water partition coefficient (Wildman–Crippen LogP) is 3.63. The highest BCUT2D eigenvalue weighted by Crippen LogP contribution is 2.13. The van der Waals surface area contributed by atoms with E-state index >= 15 is 0 Å². The number of nitrogens with zero attached hydrogens (tertiary/aromatic N) is 3. The molecule has 1 aromatic carbocycles. The van der Waals surface area contributed by atoms with Crippen LogP contribution in [-0.4, -0.2) is 23.6 Å². The molecule has 0 aliphatic heterocycles. The molecule has 21 heavy (non-hydrogen) atoms. The predicted molar refractivity (Wildman–Crippen MR) is 88.7 cm³/mol. The first kappa shape index (κ1) is 15.3. The highest BCUT2D eigenvalue weighted by molar-refractivity contribution is 5.42. The average molecular weight is 284 g/mol. The van der Waals surface area contributed by atoms with Gasteiger partial charge >= 0.3 is 0 Å². The van der Waals surface area contributed by atoms with Gasteiger partial charge in [-0.3, -0.25) is 0 Å². The fourth-order valence-corrected chi connectivity index (χ4v) is 2.14. The van der Waals surface area contributed by atoms with E-state index in [9.17, 15) is 0 Å². The molecule has 0 aliphatic rings. The zero-order valence-electron chi connectivity index (χ0n) is 13.1. The monoisotopic (exact) mass is 284 g/mol. The maximum atomic E-state index is 4.57. The third-order valence-corrected chi connectivity index (χ3v) is 3.58. The van der Waals surface area contributed by atoms with E-state index in [-0.39, 0.29) is 0 Å². The number of anilines is 2. The lowest BCUT2D eigenvalue weighted by Gasteiger charge is -2.18. The summed E-state index contributed by atoms with van der Waals surface area (Å²) in [4.78, 5) is 11.0. The van der Waals surface area contributed by atoms with Crippen LogP contribution in [0.4, 0.5) is 11.8 Å². The quantitative estimate of drug-likeness (QED) is 0.843. The van der Waals surface area contributed by atoms with Gasteiger partial charge in [0.05, 0.1) is 0 Å². The Kier molecular flexibility index (Phi) is 5.55. The van der Waals surface area contributed by atoms with E-state index in [2.05, 4.69) is 65.3 Å². The maximum Gasteiger partial charge on any atom is 0.224 e. The van der Waals surface area contributed by atoms with Gasteiger partial charge in [0.1, 0.15) is 5.82 Å². The fraction of sp³-hybridized carbons (Fsp3) is 0.412. The maximum absolute atomic E-state index is 4.57.